The summed E-state index contributed by atoms with van der Waals surface area (Å²) < 4.78 is 12.1. The van der Waals surface area contributed by atoms with Crippen LogP contribution in [0, 0.1) is 0 Å². The molecule has 0 aliphatic carbocycles. The number of thiocarbonyl (C=S) groups is 1. The number of rotatable bonds is 18. The maximum atomic E-state index is 12.0. The Balaban J connectivity index is 0. The zero-order valence-corrected chi connectivity index (χ0v) is 21.1. The van der Waals surface area contributed by atoms with Crippen molar-refractivity contribution < 1.29 is 20.7 Å². The molecule has 0 amide bonds. The molecule has 0 aromatic rings. The first kappa shape index (κ1) is 28.8. The Labute approximate surface area is 181 Å². The first-order valence-corrected chi connectivity index (χ1v) is 15.3. The fraction of sp³-hybridized carbons (Fsp3) is 0.952. The fourth-order valence-corrected chi connectivity index (χ4v) is 5.98. The second kappa shape index (κ2) is 25.6. The van der Waals surface area contributed by atoms with Gasteiger partial charge in [0.2, 0.25) is 0 Å². The van der Waals surface area contributed by atoms with Crippen molar-refractivity contribution in [3.8, 4) is 0 Å². The molecule has 26 heavy (non-hydrogen) atoms. The fourth-order valence-electron chi connectivity index (χ4n) is 2.90. The molecule has 0 atom stereocenters. The SMILES string of the molecule is CCCCCCCCC[CH2][Mo+](=[O])[CH2]CCCCCCCCC.NC(=S)[S-]. The van der Waals surface area contributed by atoms with Gasteiger partial charge in [0.25, 0.3) is 0 Å². The average molecular weight is 487 g/mol. The van der Waals surface area contributed by atoms with Crippen molar-refractivity contribution in [2.24, 2.45) is 5.73 Å². The summed E-state index contributed by atoms with van der Waals surface area (Å²) in [7, 11) is 0. The van der Waals surface area contributed by atoms with E-state index in [4.69, 9.17) is 0 Å². The van der Waals surface area contributed by atoms with Gasteiger partial charge in [-0.15, -0.1) is 0 Å². The van der Waals surface area contributed by atoms with Crippen molar-refractivity contribution in [3.05, 3.63) is 0 Å². The molecule has 0 saturated heterocycles. The van der Waals surface area contributed by atoms with Gasteiger partial charge in [0, 0.05) is 0 Å². The predicted molar refractivity (Wildman–Crippen MR) is 120 cm³/mol. The van der Waals surface area contributed by atoms with Crippen LogP contribution in [-0.4, -0.2) is 4.32 Å². The van der Waals surface area contributed by atoms with Crippen molar-refractivity contribution >= 4 is 29.2 Å². The molecule has 0 bridgehead atoms. The third kappa shape index (κ3) is 32.3. The number of hydrogen-bond donors (Lipinski definition) is 1. The summed E-state index contributed by atoms with van der Waals surface area (Å²) in [6.07, 6.45) is 21.8. The first-order valence-electron chi connectivity index (χ1n) is 10.9. The van der Waals surface area contributed by atoms with Crippen molar-refractivity contribution in [1.82, 2.24) is 0 Å². The van der Waals surface area contributed by atoms with E-state index in [1.54, 1.807) is 0 Å². The Hall–Kier alpha value is 0.598. The van der Waals surface area contributed by atoms with Crippen molar-refractivity contribution in [3.63, 3.8) is 0 Å². The van der Waals surface area contributed by atoms with Crippen LogP contribution in [0.1, 0.15) is 117 Å². The largest absolute Gasteiger partial charge is 0.415 e. The zero-order chi connectivity index (χ0) is 19.9. The molecule has 0 unspecified atom stereocenters. The molecular formula is C21H44MoNOS2. The summed E-state index contributed by atoms with van der Waals surface area (Å²) in [5.74, 6) is 0. The monoisotopic (exact) mass is 488 g/mol. The molecular weight excluding hydrogens is 442 g/mol. The molecule has 0 aromatic heterocycles. The third-order valence-electron chi connectivity index (χ3n) is 4.45. The molecule has 2 nitrogen and oxygen atoms in total. The van der Waals surface area contributed by atoms with Crippen LogP contribution in [0.4, 0.5) is 0 Å². The van der Waals surface area contributed by atoms with Crippen LogP contribution in [0.5, 0.6) is 0 Å². The Morgan fingerprint density at radius 3 is 1.19 bits per heavy atom. The van der Waals surface area contributed by atoms with Crippen molar-refractivity contribution in [2.75, 3.05) is 0 Å². The Kier molecular flexibility index (Phi) is 28.4. The predicted octanol–water partition coefficient (Wildman–Crippen LogP) is 7.85. The summed E-state index contributed by atoms with van der Waals surface area (Å²) in [5.41, 5.74) is 4.66. The van der Waals surface area contributed by atoms with Gasteiger partial charge in [0.1, 0.15) is 0 Å². The molecule has 0 aliphatic rings. The van der Waals surface area contributed by atoms with Gasteiger partial charge in [-0.1, -0.05) is 4.32 Å². The molecule has 5 heteroatoms. The van der Waals surface area contributed by atoms with E-state index in [0.717, 1.165) is 9.62 Å². The quantitative estimate of drug-likeness (QED) is 0.0927. The van der Waals surface area contributed by atoms with E-state index >= 15 is 0 Å². The van der Waals surface area contributed by atoms with Crippen LogP contribution in [0.2, 0.25) is 9.62 Å². The van der Waals surface area contributed by atoms with Crippen LogP contribution in [0.3, 0.4) is 0 Å². The molecule has 0 aliphatic heterocycles. The van der Waals surface area contributed by atoms with Crippen molar-refractivity contribution in [1.29, 1.82) is 0 Å². The third-order valence-corrected chi connectivity index (χ3v) is 8.11. The Morgan fingerprint density at radius 2 is 0.923 bits per heavy atom. The topological polar surface area (TPSA) is 43.1 Å². The molecule has 2 N–H and O–H groups in total. The molecule has 157 valence electrons. The van der Waals surface area contributed by atoms with E-state index in [1.165, 1.54) is 103 Å². The van der Waals surface area contributed by atoms with Crippen LogP contribution < -0.4 is 5.73 Å². The molecule has 0 heterocycles. The summed E-state index contributed by atoms with van der Waals surface area (Å²) in [4.78, 5) is 2.18. The minimum absolute atomic E-state index is 0.0833. The van der Waals surface area contributed by atoms with Gasteiger partial charge in [-0.25, -0.2) is 0 Å². The normalized spacial score (nSPS) is 10.2. The van der Waals surface area contributed by atoms with Crippen LogP contribution in [0.15, 0.2) is 0 Å². The van der Waals surface area contributed by atoms with Gasteiger partial charge < -0.3 is 30.6 Å². The maximum absolute atomic E-state index is 12.0. The van der Waals surface area contributed by atoms with Crippen LogP contribution in [0.25, 0.3) is 0 Å². The molecule has 0 rings (SSSR count). The molecule has 0 aromatic carbocycles. The summed E-state index contributed by atoms with van der Waals surface area (Å²) in [6, 6.07) is 0. The van der Waals surface area contributed by atoms with E-state index in [0.29, 0.717) is 0 Å². The minimum Gasteiger partial charge on any atom is -0.415 e. The van der Waals surface area contributed by atoms with E-state index in [2.05, 4.69) is 44.4 Å². The van der Waals surface area contributed by atoms with Crippen LogP contribution >= 0.6 is 12.2 Å². The zero-order valence-electron chi connectivity index (χ0n) is 17.4. The second-order valence-electron chi connectivity index (χ2n) is 7.12. The van der Waals surface area contributed by atoms with Gasteiger partial charge in [0.15, 0.2) is 0 Å². The van der Waals surface area contributed by atoms with E-state index < -0.39 is 17.3 Å². The molecule has 0 spiro atoms. The van der Waals surface area contributed by atoms with Gasteiger partial charge in [-0.2, -0.15) is 0 Å². The van der Waals surface area contributed by atoms with Crippen molar-refractivity contribution in [2.45, 2.75) is 126 Å². The average Bonchev–Trinajstić information content (AvgIpc) is 2.59. The molecule has 0 saturated carbocycles. The maximum Gasteiger partial charge on any atom is -0.0708 e. The first-order chi connectivity index (χ1) is 12.5. The number of unbranched alkanes of at least 4 members (excludes halogenated alkanes) is 14. The van der Waals surface area contributed by atoms with E-state index in [-0.39, 0.29) is 4.32 Å². The standard InChI is InChI=1S/2C10H21.CH3NS2.Mo.O/c2*1-3-5-7-9-10-8-6-4-2;2-1(3)4;;/h2*1,3-10H2,2H3;(H3,2,3,4);;/q;;;+1;/p-1. The van der Waals surface area contributed by atoms with Gasteiger partial charge in [-0.3, -0.25) is 0 Å². The second-order valence-corrected chi connectivity index (χ2v) is 12.4. The van der Waals surface area contributed by atoms with E-state index in [1.807, 2.05) is 0 Å². The Bertz CT molecular complexity index is 288. The number of nitrogens with two attached hydrogens (primary N) is 1. The van der Waals surface area contributed by atoms with Gasteiger partial charge in [0.05, 0.1) is 0 Å². The van der Waals surface area contributed by atoms with Crippen LogP contribution in [-0.2, 0) is 33.3 Å². The summed E-state index contributed by atoms with van der Waals surface area (Å²) in [6.45, 7) is 4.54. The summed E-state index contributed by atoms with van der Waals surface area (Å²) >= 11 is 6.37. The minimum atomic E-state index is -1.89. The molecule has 0 fully saturated rings. The Morgan fingerprint density at radius 1 is 0.692 bits per heavy atom. The smallest absolute Gasteiger partial charge is 0.0708 e. The number of hydrogen-bond acceptors (Lipinski definition) is 3. The van der Waals surface area contributed by atoms with Gasteiger partial charge >= 0.3 is 147 Å². The summed E-state index contributed by atoms with van der Waals surface area (Å²) in [5, 5.41) is 0. The molecule has 0 radical (unpaired) electrons. The van der Waals surface area contributed by atoms with Gasteiger partial charge in [-0.05, 0) is 0 Å². The van der Waals surface area contributed by atoms with E-state index in [9.17, 15) is 3.40 Å².